The quantitative estimate of drug-likeness (QED) is 0.700. The fourth-order valence-corrected chi connectivity index (χ4v) is 3.11. The second kappa shape index (κ2) is 8.15. The highest BCUT2D eigenvalue weighted by atomic mass is 35.5. The molecule has 2 aromatic carbocycles. The SMILES string of the molecule is C[C@H](Cc1cccc(Cl)c1)NC(=O)CCc1nc2ccccc2c(=O)[nH]1. The Kier molecular flexibility index (Phi) is 5.68. The molecule has 0 fully saturated rings. The maximum atomic E-state index is 12.2. The van der Waals surface area contributed by atoms with Gasteiger partial charge in [0, 0.05) is 23.9 Å². The largest absolute Gasteiger partial charge is 0.353 e. The van der Waals surface area contributed by atoms with Crippen LogP contribution in [0.5, 0.6) is 0 Å². The Labute approximate surface area is 156 Å². The third-order valence-corrected chi connectivity index (χ3v) is 4.32. The summed E-state index contributed by atoms with van der Waals surface area (Å²) in [6.45, 7) is 1.95. The number of hydrogen-bond acceptors (Lipinski definition) is 3. The van der Waals surface area contributed by atoms with E-state index in [4.69, 9.17) is 11.6 Å². The summed E-state index contributed by atoms with van der Waals surface area (Å²) in [5.41, 5.74) is 1.53. The predicted octanol–water partition coefficient (Wildman–Crippen LogP) is 3.26. The van der Waals surface area contributed by atoms with Crippen molar-refractivity contribution in [2.75, 3.05) is 0 Å². The monoisotopic (exact) mass is 369 g/mol. The van der Waals surface area contributed by atoms with Crippen molar-refractivity contribution >= 4 is 28.4 Å². The van der Waals surface area contributed by atoms with E-state index in [0.717, 1.165) is 5.56 Å². The van der Waals surface area contributed by atoms with E-state index in [2.05, 4.69) is 15.3 Å². The van der Waals surface area contributed by atoms with E-state index in [1.165, 1.54) is 0 Å². The third-order valence-electron chi connectivity index (χ3n) is 4.09. The van der Waals surface area contributed by atoms with Gasteiger partial charge in [0.05, 0.1) is 10.9 Å². The van der Waals surface area contributed by atoms with Crippen LogP contribution in [-0.4, -0.2) is 21.9 Å². The molecule has 1 aromatic heterocycles. The molecule has 1 heterocycles. The van der Waals surface area contributed by atoms with Crippen molar-refractivity contribution in [2.24, 2.45) is 0 Å². The molecule has 3 aromatic rings. The maximum Gasteiger partial charge on any atom is 0.258 e. The Hall–Kier alpha value is -2.66. The highest BCUT2D eigenvalue weighted by molar-refractivity contribution is 6.30. The molecule has 0 unspecified atom stereocenters. The Balaban J connectivity index is 1.56. The number of aromatic nitrogens is 2. The number of nitrogens with one attached hydrogen (secondary N) is 2. The number of amides is 1. The number of H-pyrrole nitrogens is 1. The smallest absolute Gasteiger partial charge is 0.258 e. The number of carbonyl (C=O) groups is 1. The number of aryl methyl sites for hydroxylation is 1. The van der Waals surface area contributed by atoms with Gasteiger partial charge in [0.2, 0.25) is 5.91 Å². The molecule has 2 N–H and O–H groups in total. The molecule has 0 aliphatic rings. The van der Waals surface area contributed by atoms with Crippen LogP contribution in [0.2, 0.25) is 5.02 Å². The minimum atomic E-state index is -0.180. The first-order valence-corrected chi connectivity index (χ1v) is 8.91. The molecule has 134 valence electrons. The minimum Gasteiger partial charge on any atom is -0.353 e. The molecule has 5 nitrogen and oxygen atoms in total. The molecule has 0 bridgehead atoms. The van der Waals surface area contributed by atoms with E-state index in [0.29, 0.717) is 34.6 Å². The van der Waals surface area contributed by atoms with Gasteiger partial charge in [-0.25, -0.2) is 4.98 Å². The molecule has 0 aliphatic heterocycles. The fourth-order valence-electron chi connectivity index (χ4n) is 2.90. The zero-order valence-electron chi connectivity index (χ0n) is 14.5. The molecule has 0 aliphatic carbocycles. The van der Waals surface area contributed by atoms with Gasteiger partial charge in [0.25, 0.3) is 5.56 Å². The number of fused-ring (bicyclic) bond motifs is 1. The Morgan fingerprint density at radius 3 is 2.85 bits per heavy atom. The maximum absolute atomic E-state index is 12.2. The molecule has 0 spiro atoms. The molecular formula is C20H20ClN3O2. The topological polar surface area (TPSA) is 74.8 Å². The molecule has 3 rings (SSSR count). The molecule has 1 amide bonds. The third kappa shape index (κ3) is 4.70. The molecule has 0 radical (unpaired) electrons. The summed E-state index contributed by atoms with van der Waals surface area (Å²) in [6.07, 6.45) is 1.36. The standard InChI is InChI=1S/C20H20ClN3O2/c1-13(11-14-5-4-6-15(21)12-14)22-19(25)10-9-18-23-17-8-3-2-7-16(17)20(26)24-18/h2-8,12-13H,9-11H2,1H3,(H,22,25)(H,23,24,26)/t13-/m1/s1. The van der Waals surface area contributed by atoms with E-state index < -0.39 is 0 Å². The van der Waals surface area contributed by atoms with Crippen molar-refractivity contribution in [1.82, 2.24) is 15.3 Å². The lowest BCUT2D eigenvalue weighted by Gasteiger charge is -2.14. The van der Waals surface area contributed by atoms with E-state index in [9.17, 15) is 9.59 Å². The lowest BCUT2D eigenvalue weighted by molar-refractivity contribution is -0.121. The number of para-hydroxylation sites is 1. The van der Waals surface area contributed by atoms with Gasteiger partial charge < -0.3 is 10.3 Å². The fraction of sp³-hybridized carbons (Fsp3) is 0.250. The molecular weight excluding hydrogens is 350 g/mol. The number of halogens is 1. The number of hydrogen-bond donors (Lipinski definition) is 2. The van der Waals surface area contributed by atoms with Crippen LogP contribution in [-0.2, 0) is 17.6 Å². The summed E-state index contributed by atoms with van der Waals surface area (Å²) >= 11 is 5.98. The number of rotatable bonds is 6. The average Bonchev–Trinajstić information content (AvgIpc) is 2.60. The first-order valence-electron chi connectivity index (χ1n) is 8.53. The summed E-state index contributed by atoms with van der Waals surface area (Å²) in [4.78, 5) is 31.4. The van der Waals surface area contributed by atoms with Crippen molar-refractivity contribution in [3.05, 3.63) is 75.3 Å². The Bertz CT molecular complexity index is 984. The second-order valence-corrected chi connectivity index (χ2v) is 6.77. The van der Waals surface area contributed by atoms with Gasteiger partial charge in [-0.05, 0) is 43.2 Å². The molecule has 0 saturated carbocycles. The molecule has 26 heavy (non-hydrogen) atoms. The minimum absolute atomic E-state index is 0.00965. The lowest BCUT2D eigenvalue weighted by atomic mass is 10.1. The van der Waals surface area contributed by atoms with Gasteiger partial charge in [0.1, 0.15) is 5.82 Å². The zero-order chi connectivity index (χ0) is 18.5. The molecule has 6 heteroatoms. The van der Waals surface area contributed by atoms with Gasteiger partial charge in [-0.15, -0.1) is 0 Å². The van der Waals surface area contributed by atoms with Crippen molar-refractivity contribution < 1.29 is 4.79 Å². The van der Waals surface area contributed by atoms with Gasteiger partial charge in [-0.2, -0.15) is 0 Å². The summed E-state index contributed by atoms with van der Waals surface area (Å²) in [6, 6.07) is 14.8. The van der Waals surface area contributed by atoms with Crippen LogP contribution in [0.1, 0.15) is 24.7 Å². The van der Waals surface area contributed by atoms with Crippen molar-refractivity contribution in [2.45, 2.75) is 32.2 Å². The van der Waals surface area contributed by atoms with Crippen LogP contribution in [0.15, 0.2) is 53.3 Å². The first kappa shape index (κ1) is 18.1. The van der Waals surface area contributed by atoms with Crippen LogP contribution in [0.25, 0.3) is 10.9 Å². The predicted molar refractivity (Wildman–Crippen MR) is 103 cm³/mol. The van der Waals surface area contributed by atoms with E-state index in [1.807, 2.05) is 37.3 Å². The zero-order valence-corrected chi connectivity index (χ0v) is 15.2. The summed E-state index contributed by atoms with van der Waals surface area (Å²) in [7, 11) is 0. The highest BCUT2D eigenvalue weighted by Gasteiger charge is 2.10. The number of carbonyl (C=O) groups excluding carboxylic acids is 1. The van der Waals surface area contributed by atoms with Gasteiger partial charge >= 0.3 is 0 Å². The highest BCUT2D eigenvalue weighted by Crippen LogP contribution is 2.12. The van der Waals surface area contributed by atoms with Gasteiger partial charge in [-0.1, -0.05) is 35.9 Å². The van der Waals surface area contributed by atoms with Crippen LogP contribution < -0.4 is 10.9 Å². The summed E-state index contributed by atoms with van der Waals surface area (Å²) in [5.74, 6) is 0.446. The second-order valence-electron chi connectivity index (χ2n) is 6.33. The lowest BCUT2D eigenvalue weighted by Crippen LogP contribution is -2.34. The van der Waals surface area contributed by atoms with Crippen LogP contribution in [0.3, 0.4) is 0 Å². The van der Waals surface area contributed by atoms with Crippen molar-refractivity contribution in [1.29, 1.82) is 0 Å². The molecule has 0 saturated heterocycles. The van der Waals surface area contributed by atoms with Gasteiger partial charge in [-0.3, -0.25) is 9.59 Å². The summed E-state index contributed by atoms with van der Waals surface area (Å²) < 4.78 is 0. The van der Waals surface area contributed by atoms with Crippen LogP contribution >= 0.6 is 11.6 Å². The van der Waals surface area contributed by atoms with E-state index >= 15 is 0 Å². The van der Waals surface area contributed by atoms with Crippen molar-refractivity contribution in [3.63, 3.8) is 0 Å². The van der Waals surface area contributed by atoms with E-state index in [1.54, 1.807) is 18.2 Å². The number of benzene rings is 2. The first-order chi connectivity index (χ1) is 12.5. The Morgan fingerprint density at radius 1 is 1.23 bits per heavy atom. The normalized spacial score (nSPS) is 12.1. The Morgan fingerprint density at radius 2 is 2.04 bits per heavy atom. The van der Waals surface area contributed by atoms with Crippen LogP contribution in [0.4, 0.5) is 0 Å². The molecule has 1 atom stereocenters. The van der Waals surface area contributed by atoms with Crippen molar-refractivity contribution in [3.8, 4) is 0 Å². The number of nitrogens with zero attached hydrogens (tertiary/aromatic N) is 1. The average molecular weight is 370 g/mol. The summed E-state index contributed by atoms with van der Waals surface area (Å²) in [5, 5.41) is 4.21. The van der Waals surface area contributed by atoms with E-state index in [-0.39, 0.29) is 23.9 Å². The van der Waals surface area contributed by atoms with Crippen LogP contribution in [0, 0.1) is 0 Å². The van der Waals surface area contributed by atoms with Gasteiger partial charge in [0.15, 0.2) is 0 Å². The number of aromatic amines is 1.